The van der Waals surface area contributed by atoms with Crippen LogP contribution in [0.5, 0.6) is 0 Å². The van der Waals surface area contributed by atoms with Crippen molar-refractivity contribution in [2.75, 3.05) is 32.2 Å². The van der Waals surface area contributed by atoms with Crippen molar-refractivity contribution in [2.24, 2.45) is 4.99 Å². The number of nitrogens with one attached hydrogen (secondary N) is 2. The molecule has 1 aromatic heterocycles. The van der Waals surface area contributed by atoms with Crippen molar-refractivity contribution >= 4 is 41.7 Å². The van der Waals surface area contributed by atoms with Gasteiger partial charge in [-0.25, -0.2) is 9.67 Å². The summed E-state index contributed by atoms with van der Waals surface area (Å²) < 4.78 is 7.10. The lowest BCUT2D eigenvalue weighted by molar-refractivity contribution is 0.177. The van der Waals surface area contributed by atoms with Crippen LogP contribution in [0.15, 0.2) is 4.99 Å². The summed E-state index contributed by atoms with van der Waals surface area (Å²) in [6.45, 7) is 5.11. The van der Waals surface area contributed by atoms with Gasteiger partial charge in [-0.05, 0) is 31.8 Å². The van der Waals surface area contributed by atoms with Crippen LogP contribution in [-0.2, 0) is 24.3 Å². The Labute approximate surface area is 165 Å². The molecule has 0 aliphatic carbocycles. The smallest absolute Gasteiger partial charge is 0.191 e. The number of aliphatic imine (C=N–C) groups is 1. The molecule has 0 aromatic carbocycles. The Morgan fingerprint density at radius 2 is 2.33 bits per heavy atom. The van der Waals surface area contributed by atoms with Gasteiger partial charge in [0.15, 0.2) is 11.8 Å². The zero-order valence-electron chi connectivity index (χ0n) is 14.7. The van der Waals surface area contributed by atoms with E-state index in [1.807, 2.05) is 16.4 Å². The van der Waals surface area contributed by atoms with E-state index < -0.39 is 0 Å². The highest BCUT2D eigenvalue weighted by Crippen LogP contribution is 2.13. The molecule has 0 saturated heterocycles. The first-order valence-electron chi connectivity index (χ1n) is 8.22. The summed E-state index contributed by atoms with van der Waals surface area (Å²) in [5, 5.41) is 11.4. The second kappa shape index (κ2) is 11.9. The van der Waals surface area contributed by atoms with E-state index in [-0.39, 0.29) is 24.0 Å². The van der Waals surface area contributed by atoms with Crippen molar-refractivity contribution in [3.05, 3.63) is 11.6 Å². The highest BCUT2D eigenvalue weighted by molar-refractivity contribution is 14.0. The molecule has 2 heterocycles. The molecule has 0 amide bonds. The third-order valence-electron chi connectivity index (χ3n) is 3.64. The minimum atomic E-state index is 0. The number of fused-ring (bicyclic) bond motifs is 1. The lowest BCUT2D eigenvalue weighted by atomic mass is 10.1. The number of thioether (sulfide) groups is 1. The molecule has 0 fully saturated rings. The number of methoxy groups -OCH3 is 1. The first kappa shape index (κ1) is 21.5. The molecule has 1 aliphatic rings. The zero-order chi connectivity index (χ0) is 16.5. The Balaban J connectivity index is 0.00000288. The lowest BCUT2D eigenvalue weighted by Gasteiger charge is -2.25. The van der Waals surface area contributed by atoms with Gasteiger partial charge in [-0.2, -0.15) is 16.9 Å². The minimum absolute atomic E-state index is 0. The van der Waals surface area contributed by atoms with Gasteiger partial charge in [0, 0.05) is 32.7 Å². The van der Waals surface area contributed by atoms with Gasteiger partial charge in [-0.3, -0.25) is 4.99 Å². The minimum Gasteiger partial charge on any atom is -0.377 e. The zero-order valence-corrected chi connectivity index (χ0v) is 17.9. The monoisotopic (exact) mass is 468 g/mol. The van der Waals surface area contributed by atoms with Gasteiger partial charge in [0.05, 0.1) is 6.54 Å². The Kier molecular flexibility index (Phi) is 10.7. The maximum absolute atomic E-state index is 5.11. The first-order chi connectivity index (χ1) is 11.3. The molecule has 0 spiro atoms. The molecule has 7 nitrogen and oxygen atoms in total. The fraction of sp³-hybridized carbons (Fsp3) is 0.800. The van der Waals surface area contributed by atoms with E-state index >= 15 is 0 Å². The third-order valence-corrected chi connectivity index (χ3v) is 4.33. The van der Waals surface area contributed by atoms with Gasteiger partial charge in [0.25, 0.3) is 0 Å². The average Bonchev–Trinajstić information content (AvgIpc) is 2.93. The number of ether oxygens (including phenoxy) is 1. The lowest BCUT2D eigenvalue weighted by Crippen LogP contribution is -2.47. The van der Waals surface area contributed by atoms with Crippen LogP contribution < -0.4 is 10.6 Å². The van der Waals surface area contributed by atoms with Crippen LogP contribution >= 0.6 is 35.7 Å². The van der Waals surface area contributed by atoms with Gasteiger partial charge in [0.1, 0.15) is 12.4 Å². The van der Waals surface area contributed by atoms with E-state index in [9.17, 15) is 0 Å². The molecule has 0 saturated carbocycles. The van der Waals surface area contributed by atoms with Crippen molar-refractivity contribution in [3.8, 4) is 0 Å². The van der Waals surface area contributed by atoms with Crippen molar-refractivity contribution in [3.63, 3.8) is 0 Å². The maximum atomic E-state index is 5.11. The summed E-state index contributed by atoms with van der Waals surface area (Å²) in [4.78, 5) is 9.16. The summed E-state index contributed by atoms with van der Waals surface area (Å²) in [7, 11) is 1.67. The fourth-order valence-electron chi connectivity index (χ4n) is 2.58. The molecule has 0 bridgehead atoms. The standard InChI is InChI=1S/C15H28N6OS.HI/c1-4-16-15(17-8-5-9-23-3)18-12-6-7-14-19-13(11-22-2)20-21(14)10-12;/h12H,4-11H2,1-3H3,(H2,16,17,18);1H. The second-order valence-electron chi connectivity index (χ2n) is 5.55. The number of halogens is 1. The Morgan fingerprint density at radius 1 is 1.50 bits per heavy atom. The average molecular weight is 468 g/mol. The number of aryl methyl sites for hydroxylation is 1. The van der Waals surface area contributed by atoms with E-state index in [2.05, 4.69) is 38.9 Å². The van der Waals surface area contributed by atoms with E-state index in [0.717, 1.165) is 62.3 Å². The van der Waals surface area contributed by atoms with Crippen LogP contribution in [0.3, 0.4) is 0 Å². The van der Waals surface area contributed by atoms with E-state index in [1.54, 1.807) is 7.11 Å². The Bertz CT molecular complexity index is 510. The van der Waals surface area contributed by atoms with Crippen LogP contribution in [0.4, 0.5) is 0 Å². The Hall–Kier alpha value is -0.550. The molecule has 9 heteroatoms. The molecule has 138 valence electrons. The van der Waals surface area contributed by atoms with Crippen LogP contribution in [0.1, 0.15) is 31.4 Å². The first-order valence-corrected chi connectivity index (χ1v) is 9.61. The van der Waals surface area contributed by atoms with Gasteiger partial charge in [-0.1, -0.05) is 0 Å². The van der Waals surface area contributed by atoms with Gasteiger partial charge in [-0.15, -0.1) is 24.0 Å². The van der Waals surface area contributed by atoms with Gasteiger partial charge >= 0.3 is 0 Å². The van der Waals surface area contributed by atoms with Crippen molar-refractivity contribution < 1.29 is 4.74 Å². The summed E-state index contributed by atoms with van der Waals surface area (Å²) >= 11 is 1.86. The molecule has 24 heavy (non-hydrogen) atoms. The number of guanidine groups is 1. The Morgan fingerprint density at radius 3 is 3.04 bits per heavy atom. The number of aromatic nitrogens is 3. The van der Waals surface area contributed by atoms with Gasteiger partial charge in [0.2, 0.25) is 0 Å². The fourth-order valence-corrected chi connectivity index (χ4v) is 3.00. The molecular formula is C15H29IN6OS. The summed E-state index contributed by atoms with van der Waals surface area (Å²) in [5.41, 5.74) is 0. The topological polar surface area (TPSA) is 76.4 Å². The predicted octanol–water partition coefficient (Wildman–Crippen LogP) is 1.67. The summed E-state index contributed by atoms with van der Waals surface area (Å²) in [6, 6.07) is 0.331. The van der Waals surface area contributed by atoms with E-state index in [0.29, 0.717) is 12.6 Å². The van der Waals surface area contributed by atoms with E-state index in [4.69, 9.17) is 4.74 Å². The number of hydrogen-bond donors (Lipinski definition) is 2. The number of rotatable bonds is 8. The SMILES string of the molecule is CCNC(=NCCCSC)NC1CCc2nc(COC)nn2C1.I. The van der Waals surface area contributed by atoms with Crippen molar-refractivity contribution in [1.29, 1.82) is 0 Å². The third kappa shape index (κ3) is 6.75. The van der Waals surface area contributed by atoms with Crippen LogP contribution in [0.2, 0.25) is 0 Å². The number of hydrogen-bond acceptors (Lipinski definition) is 5. The molecule has 2 rings (SSSR count). The molecule has 1 unspecified atom stereocenters. The van der Waals surface area contributed by atoms with E-state index in [1.165, 1.54) is 0 Å². The molecule has 1 aromatic rings. The van der Waals surface area contributed by atoms with Crippen molar-refractivity contribution in [2.45, 2.75) is 45.4 Å². The van der Waals surface area contributed by atoms with Crippen LogP contribution in [-0.4, -0.2) is 59.0 Å². The van der Waals surface area contributed by atoms with Crippen molar-refractivity contribution in [1.82, 2.24) is 25.4 Å². The van der Waals surface area contributed by atoms with Crippen LogP contribution in [0, 0.1) is 0 Å². The molecule has 1 aliphatic heterocycles. The largest absolute Gasteiger partial charge is 0.377 e. The maximum Gasteiger partial charge on any atom is 0.191 e. The molecular weight excluding hydrogens is 439 g/mol. The quantitative estimate of drug-likeness (QED) is 0.262. The predicted molar refractivity (Wildman–Crippen MR) is 110 cm³/mol. The normalized spacial score (nSPS) is 17.1. The highest BCUT2D eigenvalue weighted by atomic mass is 127. The van der Waals surface area contributed by atoms with Gasteiger partial charge < -0.3 is 15.4 Å². The summed E-state index contributed by atoms with van der Waals surface area (Å²) in [5.74, 6) is 3.87. The molecule has 2 N–H and O–H groups in total. The second-order valence-corrected chi connectivity index (χ2v) is 6.53. The molecule has 0 radical (unpaired) electrons. The van der Waals surface area contributed by atoms with Crippen LogP contribution in [0.25, 0.3) is 0 Å². The highest BCUT2D eigenvalue weighted by Gasteiger charge is 2.22. The number of nitrogens with zero attached hydrogens (tertiary/aromatic N) is 4. The summed E-state index contributed by atoms with van der Waals surface area (Å²) in [6.07, 6.45) is 5.21. The molecule has 1 atom stereocenters.